The highest BCUT2D eigenvalue weighted by atomic mass is 32.2. The van der Waals surface area contributed by atoms with Gasteiger partial charge in [-0.2, -0.15) is 4.31 Å². The second-order valence-electron chi connectivity index (χ2n) is 10.4. The topological polar surface area (TPSA) is 66.5 Å². The van der Waals surface area contributed by atoms with Gasteiger partial charge in [-0.3, -0.25) is 4.79 Å². The second-order valence-corrected chi connectivity index (χ2v) is 12.3. The summed E-state index contributed by atoms with van der Waals surface area (Å²) in [7, 11) is -3.50. The number of benzene rings is 1. The van der Waals surface area contributed by atoms with Crippen LogP contribution in [-0.4, -0.2) is 37.8 Å². The fraction of sp³-hybridized carbons (Fsp3) is 0.708. The predicted molar refractivity (Wildman–Crippen MR) is 116 cm³/mol. The quantitative estimate of drug-likeness (QED) is 0.793. The Labute approximate surface area is 180 Å². The third-order valence-electron chi connectivity index (χ3n) is 8.31. The van der Waals surface area contributed by atoms with Gasteiger partial charge in [-0.15, -0.1) is 0 Å². The number of carbonyl (C=O) groups excluding carboxylic acids is 1. The van der Waals surface area contributed by atoms with Gasteiger partial charge in [-0.05, 0) is 94.1 Å². The van der Waals surface area contributed by atoms with Crippen LogP contribution in [0.1, 0.15) is 56.1 Å². The Kier molecular flexibility index (Phi) is 5.21. The van der Waals surface area contributed by atoms with Crippen LogP contribution in [0.3, 0.4) is 0 Å². The van der Waals surface area contributed by atoms with Gasteiger partial charge in [0.2, 0.25) is 15.9 Å². The Hall–Kier alpha value is -1.40. The molecule has 1 amide bonds. The lowest BCUT2D eigenvalue weighted by Gasteiger charge is -2.54. The van der Waals surface area contributed by atoms with Crippen LogP contribution in [0.5, 0.6) is 0 Å². The molecule has 6 rings (SSSR count). The van der Waals surface area contributed by atoms with Crippen molar-refractivity contribution in [3.8, 4) is 0 Å². The molecule has 0 spiro atoms. The Balaban J connectivity index is 1.20. The molecular formula is C24H34N2O3S. The number of aryl methyl sites for hydroxylation is 2. The summed E-state index contributed by atoms with van der Waals surface area (Å²) < 4.78 is 27.8. The van der Waals surface area contributed by atoms with Crippen LogP contribution in [0, 0.1) is 43.4 Å². The molecule has 0 radical (unpaired) electrons. The van der Waals surface area contributed by atoms with E-state index in [4.69, 9.17) is 0 Å². The SMILES string of the molecule is Cc1ccc(S(=O)(=O)N2CCC(C(=O)NC3C4CC5CC(C4)CC3C5)CC2)c(C)c1. The van der Waals surface area contributed by atoms with Crippen LogP contribution in [0.2, 0.25) is 0 Å². The number of rotatable bonds is 4. The maximum atomic E-state index is 13.1. The highest BCUT2D eigenvalue weighted by molar-refractivity contribution is 7.89. The summed E-state index contributed by atoms with van der Waals surface area (Å²) in [4.78, 5) is 13.4. The van der Waals surface area contributed by atoms with Gasteiger partial charge in [0.25, 0.3) is 0 Å². The molecule has 5 fully saturated rings. The zero-order valence-electron chi connectivity index (χ0n) is 18.1. The molecule has 0 aromatic heterocycles. The first-order valence-corrected chi connectivity index (χ1v) is 13.1. The minimum atomic E-state index is -3.50. The van der Waals surface area contributed by atoms with Crippen molar-refractivity contribution in [1.82, 2.24) is 9.62 Å². The number of nitrogens with one attached hydrogen (secondary N) is 1. The molecule has 1 heterocycles. The molecule has 1 aromatic rings. The molecule has 1 aliphatic heterocycles. The minimum absolute atomic E-state index is 0.0623. The molecule has 0 atom stereocenters. The smallest absolute Gasteiger partial charge is 0.243 e. The van der Waals surface area contributed by atoms with Crippen molar-refractivity contribution >= 4 is 15.9 Å². The molecule has 1 saturated heterocycles. The van der Waals surface area contributed by atoms with E-state index in [2.05, 4.69) is 5.32 Å². The van der Waals surface area contributed by atoms with E-state index in [1.165, 1.54) is 32.1 Å². The molecule has 6 heteroatoms. The monoisotopic (exact) mass is 430 g/mol. The Morgan fingerprint density at radius 1 is 0.967 bits per heavy atom. The number of hydrogen-bond donors (Lipinski definition) is 1. The van der Waals surface area contributed by atoms with E-state index in [9.17, 15) is 13.2 Å². The van der Waals surface area contributed by atoms with Crippen molar-refractivity contribution in [2.24, 2.45) is 29.6 Å². The summed E-state index contributed by atoms with van der Waals surface area (Å²) in [6, 6.07) is 5.84. The van der Waals surface area contributed by atoms with Crippen LogP contribution in [0.4, 0.5) is 0 Å². The Morgan fingerprint density at radius 2 is 1.57 bits per heavy atom. The van der Waals surface area contributed by atoms with Crippen molar-refractivity contribution in [2.75, 3.05) is 13.1 Å². The van der Waals surface area contributed by atoms with Gasteiger partial charge in [0.05, 0.1) is 4.90 Å². The molecule has 4 bridgehead atoms. The number of nitrogens with zero attached hydrogens (tertiary/aromatic N) is 1. The average Bonchev–Trinajstić information content (AvgIpc) is 2.70. The van der Waals surface area contributed by atoms with Gasteiger partial charge in [-0.1, -0.05) is 17.7 Å². The molecule has 30 heavy (non-hydrogen) atoms. The van der Waals surface area contributed by atoms with Crippen LogP contribution >= 0.6 is 0 Å². The van der Waals surface area contributed by atoms with Gasteiger partial charge in [0, 0.05) is 25.0 Å². The van der Waals surface area contributed by atoms with E-state index in [0.717, 1.165) is 23.0 Å². The van der Waals surface area contributed by atoms with E-state index in [1.807, 2.05) is 26.0 Å². The molecule has 5 nitrogen and oxygen atoms in total. The molecule has 4 saturated carbocycles. The van der Waals surface area contributed by atoms with Gasteiger partial charge < -0.3 is 5.32 Å². The summed E-state index contributed by atoms with van der Waals surface area (Å²) in [5, 5.41) is 3.43. The number of carbonyl (C=O) groups is 1. The maximum absolute atomic E-state index is 13.1. The molecule has 164 valence electrons. The summed E-state index contributed by atoms with van der Waals surface area (Å²) in [5.74, 6) is 3.26. The van der Waals surface area contributed by atoms with Crippen molar-refractivity contribution < 1.29 is 13.2 Å². The Bertz CT molecular complexity index is 906. The van der Waals surface area contributed by atoms with E-state index >= 15 is 0 Å². The van der Waals surface area contributed by atoms with Gasteiger partial charge >= 0.3 is 0 Å². The zero-order chi connectivity index (χ0) is 21.0. The highest BCUT2D eigenvalue weighted by Crippen LogP contribution is 2.53. The van der Waals surface area contributed by atoms with Crippen molar-refractivity contribution in [3.05, 3.63) is 29.3 Å². The zero-order valence-corrected chi connectivity index (χ0v) is 19.0. The van der Waals surface area contributed by atoms with E-state index in [0.29, 0.717) is 48.7 Å². The lowest BCUT2D eigenvalue weighted by atomic mass is 9.54. The first-order chi connectivity index (χ1) is 14.3. The van der Waals surface area contributed by atoms with Crippen molar-refractivity contribution in [3.63, 3.8) is 0 Å². The van der Waals surface area contributed by atoms with Crippen molar-refractivity contribution in [1.29, 1.82) is 0 Å². The fourth-order valence-corrected chi connectivity index (χ4v) is 8.70. The van der Waals surface area contributed by atoms with E-state index in [1.54, 1.807) is 10.4 Å². The molecule has 4 aliphatic carbocycles. The largest absolute Gasteiger partial charge is 0.353 e. The van der Waals surface area contributed by atoms with Crippen LogP contribution < -0.4 is 5.32 Å². The summed E-state index contributed by atoms with van der Waals surface area (Å²) in [6.07, 6.45) is 7.83. The maximum Gasteiger partial charge on any atom is 0.243 e. The summed E-state index contributed by atoms with van der Waals surface area (Å²) in [6.45, 7) is 4.67. The highest BCUT2D eigenvalue weighted by Gasteiger charge is 2.49. The van der Waals surface area contributed by atoms with Crippen LogP contribution in [-0.2, 0) is 14.8 Å². The molecular weight excluding hydrogens is 396 g/mol. The van der Waals surface area contributed by atoms with Crippen LogP contribution in [0.15, 0.2) is 23.1 Å². The number of piperidine rings is 1. The fourth-order valence-electron chi connectivity index (χ4n) is 7.03. The lowest BCUT2D eigenvalue weighted by molar-refractivity contribution is -0.130. The third kappa shape index (κ3) is 3.60. The van der Waals surface area contributed by atoms with Crippen LogP contribution in [0.25, 0.3) is 0 Å². The molecule has 1 N–H and O–H groups in total. The minimum Gasteiger partial charge on any atom is -0.353 e. The molecule has 5 aliphatic rings. The number of hydrogen-bond acceptors (Lipinski definition) is 3. The molecule has 0 unspecified atom stereocenters. The average molecular weight is 431 g/mol. The summed E-state index contributed by atoms with van der Waals surface area (Å²) in [5.41, 5.74) is 1.85. The third-order valence-corrected chi connectivity index (χ3v) is 10.4. The van der Waals surface area contributed by atoms with E-state index < -0.39 is 10.0 Å². The van der Waals surface area contributed by atoms with Gasteiger partial charge in [0.15, 0.2) is 0 Å². The normalized spacial score (nSPS) is 34.3. The van der Waals surface area contributed by atoms with Gasteiger partial charge in [-0.25, -0.2) is 8.42 Å². The first kappa shape index (κ1) is 20.5. The molecule has 1 aromatic carbocycles. The van der Waals surface area contributed by atoms with Crippen molar-refractivity contribution in [2.45, 2.75) is 69.7 Å². The lowest BCUT2D eigenvalue weighted by Crippen LogP contribution is -2.57. The standard InChI is InChI=1S/C24H34N2O3S/c1-15-3-4-22(16(2)9-15)30(28,29)26-7-5-19(6-8-26)24(27)25-23-20-11-17-10-18(13-20)14-21(23)12-17/h3-4,9,17-21,23H,5-8,10-14H2,1-2H3,(H,25,27). The second kappa shape index (κ2) is 7.63. The van der Waals surface area contributed by atoms with Gasteiger partial charge in [0.1, 0.15) is 0 Å². The first-order valence-electron chi connectivity index (χ1n) is 11.7. The Morgan fingerprint density at radius 3 is 2.13 bits per heavy atom. The number of sulfonamides is 1. The predicted octanol–water partition coefficient (Wildman–Crippen LogP) is 3.65. The summed E-state index contributed by atoms with van der Waals surface area (Å²) >= 11 is 0. The van der Waals surface area contributed by atoms with E-state index in [-0.39, 0.29) is 11.8 Å². The number of amides is 1.